The minimum atomic E-state index is -4.86. The zero-order valence-electron chi connectivity index (χ0n) is 8.71. The maximum Gasteiger partial charge on any atom is 0.574 e. The van der Waals surface area contributed by atoms with Crippen molar-refractivity contribution in [2.24, 2.45) is 0 Å². The van der Waals surface area contributed by atoms with Crippen LogP contribution >= 0.6 is 11.6 Å². The van der Waals surface area contributed by atoms with Crippen LogP contribution in [0.3, 0.4) is 0 Å². The summed E-state index contributed by atoms with van der Waals surface area (Å²) in [5, 5.41) is 8.97. The van der Waals surface area contributed by atoms with E-state index in [2.05, 4.69) is 9.72 Å². The molecule has 1 heterocycles. The van der Waals surface area contributed by atoms with Crippen molar-refractivity contribution in [2.45, 2.75) is 18.8 Å². The van der Waals surface area contributed by atoms with Crippen molar-refractivity contribution in [1.82, 2.24) is 4.98 Å². The number of hydrogen-bond acceptors (Lipinski definition) is 4. The van der Waals surface area contributed by atoms with Gasteiger partial charge in [0.05, 0.1) is 25.2 Å². The van der Waals surface area contributed by atoms with Gasteiger partial charge < -0.3 is 14.6 Å². The summed E-state index contributed by atoms with van der Waals surface area (Å²) in [6.07, 6.45) is -3.82. The van der Waals surface area contributed by atoms with E-state index in [1.165, 1.54) is 7.11 Å². The van der Waals surface area contributed by atoms with Gasteiger partial charge in [-0.15, -0.1) is 24.8 Å². The van der Waals surface area contributed by atoms with Crippen molar-refractivity contribution in [3.8, 4) is 11.6 Å². The molecule has 8 heteroatoms. The highest BCUT2D eigenvalue weighted by molar-refractivity contribution is 6.17. The summed E-state index contributed by atoms with van der Waals surface area (Å²) in [5.74, 6) is -0.923. The van der Waals surface area contributed by atoms with Gasteiger partial charge in [-0.1, -0.05) is 0 Å². The number of nitrogens with zero attached hydrogens (tertiary/aromatic N) is 1. The van der Waals surface area contributed by atoms with E-state index in [1.807, 2.05) is 0 Å². The molecular formula is C9H9ClF3NO3. The third-order valence-corrected chi connectivity index (χ3v) is 2.15. The molecule has 1 N–H and O–H groups in total. The molecule has 0 fully saturated rings. The summed E-state index contributed by atoms with van der Waals surface area (Å²) in [7, 11) is 1.25. The summed E-state index contributed by atoms with van der Waals surface area (Å²) in [5.41, 5.74) is 0.177. The van der Waals surface area contributed by atoms with E-state index in [0.717, 1.165) is 6.20 Å². The van der Waals surface area contributed by atoms with Gasteiger partial charge in [-0.3, -0.25) is 0 Å². The van der Waals surface area contributed by atoms with Crippen LogP contribution in [0, 0.1) is 0 Å². The second-order valence-corrected chi connectivity index (χ2v) is 3.21. The number of aliphatic hydroxyl groups is 1. The van der Waals surface area contributed by atoms with Crippen LogP contribution in [0.1, 0.15) is 11.1 Å². The molecule has 1 aromatic heterocycles. The van der Waals surface area contributed by atoms with Crippen LogP contribution < -0.4 is 9.47 Å². The van der Waals surface area contributed by atoms with Crippen molar-refractivity contribution in [3.05, 3.63) is 17.3 Å². The highest BCUT2D eigenvalue weighted by atomic mass is 35.5. The van der Waals surface area contributed by atoms with Gasteiger partial charge in [-0.25, -0.2) is 4.98 Å². The number of aromatic nitrogens is 1. The van der Waals surface area contributed by atoms with Crippen LogP contribution in [0.5, 0.6) is 11.6 Å². The third-order valence-electron chi connectivity index (χ3n) is 1.88. The molecule has 17 heavy (non-hydrogen) atoms. The lowest BCUT2D eigenvalue weighted by Crippen LogP contribution is -2.19. The van der Waals surface area contributed by atoms with Gasteiger partial charge in [0.2, 0.25) is 5.88 Å². The van der Waals surface area contributed by atoms with E-state index in [4.69, 9.17) is 21.4 Å². The molecule has 0 aliphatic carbocycles. The zero-order chi connectivity index (χ0) is 13.1. The predicted molar refractivity (Wildman–Crippen MR) is 53.0 cm³/mol. The zero-order valence-corrected chi connectivity index (χ0v) is 9.47. The lowest BCUT2D eigenvalue weighted by molar-refractivity contribution is -0.276. The topological polar surface area (TPSA) is 51.6 Å². The molecule has 0 bridgehead atoms. The second kappa shape index (κ2) is 5.42. The Morgan fingerprint density at radius 3 is 2.53 bits per heavy atom. The van der Waals surface area contributed by atoms with Gasteiger partial charge in [0.15, 0.2) is 0 Å². The molecule has 0 aliphatic rings. The normalized spacial score (nSPS) is 11.4. The van der Waals surface area contributed by atoms with Gasteiger partial charge in [0.25, 0.3) is 0 Å². The maximum absolute atomic E-state index is 12.1. The van der Waals surface area contributed by atoms with Gasteiger partial charge in [0.1, 0.15) is 5.75 Å². The van der Waals surface area contributed by atoms with Gasteiger partial charge >= 0.3 is 6.36 Å². The molecule has 0 spiro atoms. The minimum absolute atomic E-state index is 0.0387. The first-order chi connectivity index (χ1) is 7.92. The van der Waals surface area contributed by atoms with Crippen molar-refractivity contribution in [1.29, 1.82) is 0 Å². The average molecular weight is 272 g/mol. The molecule has 0 unspecified atom stereocenters. The number of alkyl halides is 4. The summed E-state index contributed by atoms with van der Waals surface area (Å²) >= 11 is 5.52. The first kappa shape index (κ1) is 13.9. The Labute approximate surface area is 99.9 Å². The first-order valence-corrected chi connectivity index (χ1v) is 4.93. The van der Waals surface area contributed by atoms with Crippen LogP contribution in [0.2, 0.25) is 0 Å². The Balaban J connectivity index is 3.23. The number of halogens is 4. The molecule has 0 saturated heterocycles. The number of rotatable bonds is 4. The van der Waals surface area contributed by atoms with E-state index in [-0.39, 0.29) is 22.8 Å². The highest BCUT2D eigenvalue weighted by Crippen LogP contribution is 2.34. The fourth-order valence-electron chi connectivity index (χ4n) is 1.25. The Hall–Kier alpha value is -1.21. The standard InChI is InChI=1S/C9H9ClF3NO3/c1-16-7-5(4-15)3-14-8(6(7)2-10)17-9(11,12)13/h3,15H,2,4H2,1H3. The first-order valence-electron chi connectivity index (χ1n) is 4.40. The molecule has 0 radical (unpaired) electrons. The molecule has 4 nitrogen and oxygen atoms in total. The monoisotopic (exact) mass is 271 g/mol. The molecule has 1 rings (SSSR count). The quantitative estimate of drug-likeness (QED) is 0.853. The molecule has 0 atom stereocenters. The van der Waals surface area contributed by atoms with Crippen LogP contribution in [-0.2, 0) is 12.5 Å². The highest BCUT2D eigenvalue weighted by Gasteiger charge is 2.33. The van der Waals surface area contributed by atoms with Crippen molar-refractivity contribution in [3.63, 3.8) is 0 Å². The fraction of sp³-hybridized carbons (Fsp3) is 0.444. The van der Waals surface area contributed by atoms with Crippen LogP contribution in [0.4, 0.5) is 13.2 Å². The largest absolute Gasteiger partial charge is 0.574 e. The fourth-order valence-corrected chi connectivity index (χ4v) is 1.48. The smallest absolute Gasteiger partial charge is 0.496 e. The summed E-state index contributed by atoms with van der Waals surface area (Å²) in [6, 6.07) is 0. The Morgan fingerprint density at radius 1 is 1.47 bits per heavy atom. The van der Waals surface area contributed by atoms with E-state index >= 15 is 0 Å². The summed E-state index contributed by atoms with van der Waals surface area (Å²) in [4.78, 5) is 3.45. The van der Waals surface area contributed by atoms with E-state index in [1.54, 1.807) is 0 Å². The SMILES string of the molecule is COc1c(CO)cnc(OC(F)(F)F)c1CCl. The summed E-state index contributed by atoms with van der Waals surface area (Å²) < 4.78 is 44.8. The predicted octanol–water partition coefficient (Wildman–Crippen LogP) is 2.22. The second-order valence-electron chi connectivity index (χ2n) is 2.94. The molecule has 0 amide bonds. The lowest BCUT2D eigenvalue weighted by Gasteiger charge is -2.15. The summed E-state index contributed by atoms with van der Waals surface area (Å²) in [6.45, 7) is -0.424. The number of ether oxygens (including phenoxy) is 2. The van der Waals surface area contributed by atoms with E-state index in [9.17, 15) is 13.2 Å². The minimum Gasteiger partial charge on any atom is -0.496 e. The van der Waals surface area contributed by atoms with Gasteiger partial charge in [-0.05, 0) is 0 Å². The Kier molecular flexibility index (Phi) is 4.41. The Bertz CT molecular complexity index is 398. The number of hydrogen-bond donors (Lipinski definition) is 1. The van der Waals surface area contributed by atoms with Gasteiger partial charge in [-0.2, -0.15) is 0 Å². The van der Waals surface area contributed by atoms with Crippen molar-refractivity contribution >= 4 is 11.6 Å². The number of methoxy groups -OCH3 is 1. The van der Waals surface area contributed by atoms with E-state index in [0.29, 0.717) is 0 Å². The Morgan fingerprint density at radius 2 is 2.12 bits per heavy atom. The molecule has 0 aliphatic heterocycles. The molecule has 96 valence electrons. The van der Waals surface area contributed by atoms with Crippen molar-refractivity contribution in [2.75, 3.05) is 7.11 Å². The van der Waals surface area contributed by atoms with Crippen LogP contribution in [-0.4, -0.2) is 23.6 Å². The lowest BCUT2D eigenvalue weighted by atomic mass is 10.2. The van der Waals surface area contributed by atoms with Gasteiger partial charge in [0, 0.05) is 11.8 Å². The molecule has 0 saturated carbocycles. The molecular weight excluding hydrogens is 263 g/mol. The number of pyridine rings is 1. The molecule has 1 aromatic rings. The van der Waals surface area contributed by atoms with Crippen molar-refractivity contribution < 1.29 is 27.8 Å². The number of aliphatic hydroxyl groups excluding tert-OH is 1. The maximum atomic E-state index is 12.1. The average Bonchev–Trinajstić information content (AvgIpc) is 2.26. The molecule has 0 aromatic carbocycles. The van der Waals surface area contributed by atoms with E-state index < -0.39 is 18.8 Å². The van der Waals surface area contributed by atoms with Crippen LogP contribution in [0.15, 0.2) is 6.20 Å². The third kappa shape index (κ3) is 3.37. The van der Waals surface area contributed by atoms with Crippen LogP contribution in [0.25, 0.3) is 0 Å².